The van der Waals surface area contributed by atoms with Crippen molar-refractivity contribution in [2.75, 3.05) is 13.1 Å². The lowest BCUT2D eigenvalue weighted by molar-refractivity contribution is -0.133. The molecule has 1 aliphatic rings. The molecule has 0 bridgehead atoms. The number of carbonyl (C=O) groups excluding carboxylic acids is 1. The number of aromatic nitrogens is 3. The van der Waals surface area contributed by atoms with Crippen LogP contribution in [-0.2, 0) is 17.8 Å². The van der Waals surface area contributed by atoms with Crippen molar-refractivity contribution in [3.05, 3.63) is 47.8 Å². The lowest BCUT2D eigenvalue weighted by atomic mass is 9.92. The number of carbonyl (C=O) groups is 1. The molecule has 122 valence electrons. The van der Waals surface area contributed by atoms with Gasteiger partial charge in [-0.2, -0.15) is 0 Å². The summed E-state index contributed by atoms with van der Waals surface area (Å²) in [4.78, 5) is 23.1. The maximum Gasteiger partial charge on any atom is 0.242 e. The van der Waals surface area contributed by atoms with Crippen LogP contribution in [0, 0.1) is 19.8 Å². The van der Waals surface area contributed by atoms with Crippen LogP contribution in [0.3, 0.4) is 0 Å². The van der Waals surface area contributed by atoms with Gasteiger partial charge in [0.05, 0.1) is 0 Å². The Hall–Kier alpha value is -2.17. The molecule has 5 nitrogen and oxygen atoms in total. The lowest BCUT2D eigenvalue weighted by Crippen LogP contribution is -2.42. The van der Waals surface area contributed by atoms with E-state index in [2.05, 4.69) is 22.1 Å². The van der Waals surface area contributed by atoms with Crippen molar-refractivity contribution in [2.24, 2.45) is 5.92 Å². The predicted octanol–water partition coefficient (Wildman–Crippen LogP) is 2.38. The summed E-state index contributed by atoms with van der Waals surface area (Å²) in [6, 6.07) is 4.21. The molecule has 5 heteroatoms. The summed E-state index contributed by atoms with van der Waals surface area (Å²) < 4.78 is 1.91. The molecule has 2 aromatic heterocycles. The molecule has 3 rings (SSSR count). The van der Waals surface area contributed by atoms with Gasteiger partial charge in [0.2, 0.25) is 5.91 Å². The largest absolute Gasteiger partial charge is 0.341 e. The number of imidazole rings is 1. The Morgan fingerprint density at radius 2 is 2.17 bits per heavy atom. The minimum Gasteiger partial charge on any atom is -0.341 e. The smallest absolute Gasteiger partial charge is 0.242 e. The average Bonchev–Trinajstić information content (AvgIpc) is 2.95. The van der Waals surface area contributed by atoms with E-state index in [9.17, 15) is 4.79 Å². The van der Waals surface area contributed by atoms with Crippen molar-refractivity contribution >= 4 is 5.91 Å². The van der Waals surface area contributed by atoms with Gasteiger partial charge in [0.15, 0.2) is 0 Å². The Balaban J connectivity index is 1.58. The molecule has 0 spiro atoms. The van der Waals surface area contributed by atoms with Gasteiger partial charge in [0.25, 0.3) is 0 Å². The monoisotopic (exact) mass is 312 g/mol. The first-order valence-electron chi connectivity index (χ1n) is 8.29. The molecule has 2 aromatic rings. The highest BCUT2D eigenvalue weighted by Crippen LogP contribution is 2.21. The van der Waals surface area contributed by atoms with E-state index in [1.165, 1.54) is 12.0 Å². The van der Waals surface area contributed by atoms with Crippen LogP contribution in [0.5, 0.6) is 0 Å². The van der Waals surface area contributed by atoms with Crippen molar-refractivity contribution in [1.82, 2.24) is 19.4 Å². The van der Waals surface area contributed by atoms with Gasteiger partial charge in [-0.1, -0.05) is 6.07 Å². The molecule has 3 heterocycles. The standard InChI is InChI=1S/C18H24N4O/c1-14-5-6-16(11-20-14)10-17-4-3-8-22(12-17)18(23)13-21-9-7-19-15(21)2/h5-7,9,11,17H,3-4,8,10,12-13H2,1-2H3/t17-/m1/s1. The summed E-state index contributed by atoms with van der Waals surface area (Å²) in [7, 11) is 0. The zero-order valence-electron chi connectivity index (χ0n) is 13.9. The Morgan fingerprint density at radius 3 is 2.87 bits per heavy atom. The van der Waals surface area contributed by atoms with Crippen LogP contribution < -0.4 is 0 Å². The number of aryl methyl sites for hydroxylation is 2. The Bertz CT molecular complexity index is 662. The van der Waals surface area contributed by atoms with Crippen molar-refractivity contribution in [1.29, 1.82) is 0 Å². The summed E-state index contributed by atoms with van der Waals surface area (Å²) in [5, 5.41) is 0. The number of rotatable bonds is 4. The number of nitrogens with zero attached hydrogens (tertiary/aromatic N) is 4. The summed E-state index contributed by atoms with van der Waals surface area (Å²) in [6.45, 7) is 6.04. The Kier molecular flexibility index (Phi) is 4.74. The highest BCUT2D eigenvalue weighted by molar-refractivity contribution is 5.76. The topological polar surface area (TPSA) is 51.0 Å². The van der Waals surface area contributed by atoms with Gasteiger partial charge in [-0.3, -0.25) is 9.78 Å². The maximum atomic E-state index is 12.5. The number of amides is 1. The van der Waals surface area contributed by atoms with Crippen molar-refractivity contribution in [3.63, 3.8) is 0 Å². The quantitative estimate of drug-likeness (QED) is 0.871. The van der Waals surface area contributed by atoms with Crippen LogP contribution in [0.4, 0.5) is 0 Å². The molecule has 0 saturated carbocycles. The summed E-state index contributed by atoms with van der Waals surface area (Å²) in [5.41, 5.74) is 2.31. The Morgan fingerprint density at radius 1 is 1.30 bits per heavy atom. The first-order chi connectivity index (χ1) is 11.1. The predicted molar refractivity (Wildman–Crippen MR) is 88.9 cm³/mol. The molecule has 1 saturated heterocycles. The fraction of sp³-hybridized carbons (Fsp3) is 0.500. The van der Waals surface area contributed by atoms with Crippen LogP contribution in [-0.4, -0.2) is 38.4 Å². The van der Waals surface area contributed by atoms with Gasteiger partial charge in [-0.15, -0.1) is 0 Å². The number of likely N-dealkylation sites (tertiary alicyclic amines) is 1. The van der Waals surface area contributed by atoms with Crippen LogP contribution in [0.15, 0.2) is 30.7 Å². The lowest BCUT2D eigenvalue weighted by Gasteiger charge is -2.33. The van der Waals surface area contributed by atoms with E-state index in [0.717, 1.165) is 37.4 Å². The molecular formula is C18H24N4O. The van der Waals surface area contributed by atoms with Crippen LogP contribution in [0.1, 0.15) is 29.9 Å². The van der Waals surface area contributed by atoms with Crippen LogP contribution in [0.2, 0.25) is 0 Å². The molecule has 0 unspecified atom stereocenters. The minimum atomic E-state index is 0.192. The average molecular weight is 312 g/mol. The van der Waals surface area contributed by atoms with E-state index in [1.54, 1.807) is 6.20 Å². The minimum absolute atomic E-state index is 0.192. The second-order valence-corrected chi connectivity index (χ2v) is 6.46. The van der Waals surface area contributed by atoms with E-state index < -0.39 is 0 Å². The molecule has 0 N–H and O–H groups in total. The third-order valence-electron chi connectivity index (χ3n) is 4.60. The molecule has 1 atom stereocenters. The van der Waals surface area contributed by atoms with E-state index in [4.69, 9.17) is 0 Å². The van der Waals surface area contributed by atoms with E-state index in [-0.39, 0.29) is 5.91 Å². The van der Waals surface area contributed by atoms with Crippen LogP contribution >= 0.6 is 0 Å². The molecule has 1 fully saturated rings. The summed E-state index contributed by atoms with van der Waals surface area (Å²) >= 11 is 0. The summed E-state index contributed by atoms with van der Waals surface area (Å²) in [6.07, 6.45) is 8.84. The van der Waals surface area contributed by atoms with E-state index in [1.807, 2.05) is 35.7 Å². The third-order valence-corrected chi connectivity index (χ3v) is 4.60. The second kappa shape index (κ2) is 6.94. The van der Waals surface area contributed by atoms with Gasteiger partial charge in [-0.25, -0.2) is 4.98 Å². The molecule has 0 aliphatic carbocycles. The zero-order valence-corrected chi connectivity index (χ0v) is 13.9. The fourth-order valence-corrected chi connectivity index (χ4v) is 3.23. The molecule has 0 aromatic carbocycles. The molecule has 1 amide bonds. The maximum absolute atomic E-state index is 12.5. The van der Waals surface area contributed by atoms with Crippen LogP contribution in [0.25, 0.3) is 0 Å². The summed E-state index contributed by atoms with van der Waals surface area (Å²) in [5.74, 6) is 1.61. The highest BCUT2D eigenvalue weighted by Gasteiger charge is 2.24. The van der Waals surface area contributed by atoms with Crippen molar-refractivity contribution < 1.29 is 4.79 Å². The zero-order chi connectivity index (χ0) is 16.2. The van der Waals surface area contributed by atoms with Gasteiger partial charge < -0.3 is 9.47 Å². The van der Waals surface area contributed by atoms with Gasteiger partial charge in [0, 0.05) is 37.4 Å². The number of hydrogen-bond donors (Lipinski definition) is 0. The normalized spacial score (nSPS) is 18.2. The van der Waals surface area contributed by atoms with Gasteiger partial charge >= 0.3 is 0 Å². The second-order valence-electron chi connectivity index (χ2n) is 6.46. The highest BCUT2D eigenvalue weighted by atomic mass is 16.2. The third kappa shape index (κ3) is 3.97. The van der Waals surface area contributed by atoms with E-state index in [0.29, 0.717) is 12.5 Å². The molecule has 1 aliphatic heterocycles. The SMILES string of the molecule is Cc1ccc(C[C@H]2CCCN(C(=O)Cn3ccnc3C)C2)cn1. The number of hydrogen-bond acceptors (Lipinski definition) is 3. The molecular weight excluding hydrogens is 288 g/mol. The number of piperidine rings is 1. The van der Waals surface area contributed by atoms with Gasteiger partial charge in [-0.05, 0) is 50.7 Å². The van der Waals surface area contributed by atoms with Crippen molar-refractivity contribution in [2.45, 2.75) is 39.7 Å². The first-order valence-corrected chi connectivity index (χ1v) is 8.29. The fourth-order valence-electron chi connectivity index (χ4n) is 3.23. The first kappa shape index (κ1) is 15.7. The Labute approximate surface area is 137 Å². The van der Waals surface area contributed by atoms with Gasteiger partial charge in [0.1, 0.15) is 12.4 Å². The van der Waals surface area contributed by atoms with E-state index >= 15 is 0 Å². The molecule has 0 radical (unpaired) electrons. The van der Waals surface area contributed by atoms with Crippen molar-refractivity contribution in [3.8, 4) is 0 Å². The number of pyridine rings is 1. The molecule has 23 heavy (non-hydrogen) atoms.